The van der Waals surface area contributed by atoms with E-state index in [1.54, 1.807) is 0 Å². The van der Waals surface area contributed by atoms with Crippen LogP contribution in [0.4, 0.5) is 9.41 Å². The molecule has 0 fully saturated rings. The van der Waals surface area contributed by atoms with E-state index in [-0.39, 0.29) is 35.3 Å². The predicted molar refractivity (Wildman–Crippen MR) is 84.9 cm³/mol. The van der Waals surface area contributed by atoms with Gasteiger partial charge in [-0.15, -0.1) is 26.0 Å². The van der Waals surface area contributed by atoms with E-state index in [0.717, 1.165) is 38.5 Å². The van der Waals surface area contributed by atoms with Crippen molar-refractivity contribution in [3.05, 3.63) is 72.9 Å². The van der Waals surface area contributed by atoms with Crippen molar-refractivity contribution in [3.63, 3.8) is 0 Å². The van der Waals surface area contributed by atoms with E-state index < -0.39 is 0 Å². The van der Waals surface area contributed by atoms with Gasteiger partial charge in [-0.2, -0.15) is 12.2 Å². The maximum atomic E-state index is 3.66. The first-order valence-corrected chi connectivity index (χ1v) is 6.61. The Hall–Kier alpha value is -0.830. The molecule has 0 aromatic heterocycles. The third-order valence-corrected chi connectivity index (χ3v) is 2.77. The first-order chi connectivity index (χ1) is 8.86. The number of hydrogen-bond donors (Lipinski definition) is 0. The molecule has 0 nitrogen and oxygen atoms in total. The van der Waals surface area contributed by atoms with Crippen LogP contribution in [0.15, 0.2) is 60.8 Å². The third-order valence-electron chi connectivity index (χ3n) is 2.77. The number of hydrogen-bond acceptors (Lipinski definition) is 0. The second-order valence-electron chi connectivity index (χ2n) is 4.27. The summed E-state index contributed by atoms with van der Waals surface area (Å²) in [7, 11) is 0. The Balaban J connectivity index is -0.000000270. The van der Waals surface area contributed by atoms with Gasteiger partial charge in [-0.1, -0.05) is 25.0 Å². The molecule has 0 bridgehead atoms. The van der Waals surface area contributed by atoms with Crippen molar-refractivity contribution in [3.8, 4) is 0 Å². The van der Waals surface area contributed by atoms with Crippen molar-refractivity contribution in [1.82, 2.24) is 0 Å². The first-order valence-electron chi connectivity index (χ1n) is 6.61. The molecule has 0 unspecified atom stereocenters. The zero-order chi connectivity index (χ0) is 13.1. The van der Waals surface area contributed by atoms with Crippen LogP contribution in [-0.2, 0) is 25.8 Å². The van der Waals surface area contributed by atoms with Crippen molar-refractivity contribution in [2.24, 2.45) is 0 Å². The fourth-order valence-electron chi connectivity index (χ4n) is 1.76. The summed E-state index contributed by atoms with van der Waals surface area (Å²) in [4.78, 5) is 0. The van der Waals surface area contributed by atoms with Gasteiger partial charge in [0.05, 0.1) is 0 Å². The molecule has 0 aromatic rings. The molecule has 116 valence electrons. The van der Waals surface area contributed by atoms with Crippen molar-refractivity contribution < 1.29 is 35.3 Å². The van der Waals surface area contributed by atoms with Crippen LogP contribution in [0.1, 0.15) is 38.5 Å². The molecule has 0 amide bonds. The Bertz CT molecular complexity index is 352. The first kappa shape index (κ1) is 25.1. The van der Waals surface area contributed by atoms with Crippen molar-refractivity contribution in [2.75, 3.05) is 0 Å². The molecule has 3 heteroatoms. The van der Waals surface area contributed by atoms with Crippen molar-refractivity contribution in [1.29, 1.82) is 0 Å². The molecule has 0 saturated heterocycles. The minimum absolute atomic E-state index is 0. The minimum Gasteiger partial charge on any atom is -0.269 e. The van der Waals surface area contributed by atoms with Gasteiger partial charge >= 0.3 is 0 Å². The smallest absolute Gasteiger partial charge is 0 e. The van der Waals surface area contributed by atoms with Gasteiger partial charge in [-0.05, 0) is 12.8 Å². The fourth-order valence-corrected chi connectivity index (χ4v) is 1.76. The molecule has 0 N–H and O–H groups in total. The van der Waals surface area contributed by atoms with Crippen LogP contribution in [0.3, 0.4) is 0 Å². The molecule has 2 rings (SSSR count). The van der Waals surface area contributed by atoms with Crippen LogP contribution in [0.25, 0.3) is 0 Å². The second kappa shape index (κ2) is 17.2. The standard InChI is InChI=1S/2C9H11.2FH.Hf/c2*1-2-3-6-9-7-4-5-8-9;;;/h2*2,4,7H,1,3,5-6H2;2*1H;/q2*-1;;;. The number of rotatable bonds is 6. The summed E-state index contributed by atoms with van der Waals surface area (Å²) in [6.07, 6.45) is 25.3. The zero-order valence-electron chi connectivity index (χ0n) is 12.4. The van der Waals surface area contributed by atoms with Crippen LogP contribution < -0.4 is 0 Å². The molecule has 0 atom stereocenters. The van der Waals surface area contributed by atoms with Gasteiger partial charge < -0.3 is 0 Å². The summed E-state index contributed by atoms with van der Waals surface area (Å²) in [6, 6.07) is 0. The Labute approximate surface area is 146 Å². The summed E-state index contributed by atoms with van der Waals surface area (Å²) >= 11 is 0. The molecule has 0 saturated carbocycles. The van der Waals surface area contributed by atoms with E-state index >= 15 is 0 Å². The molecule has 0 spiro atoms. The molecule has 2 aliphatic rings. The predicted octanol–water partition coefficient (Wildman–Crippen LogP) is 5.59. The van der Waals surface area contributed by atoms with Gasteiger partial charge in [0.1, 0.15) is 0 Å². The summed E-state index contributed by atoms with van der Waals surface area (Å²) in [6.45, 7) is 7.31. The van der Waals surface area contributed by atoms with E-state index in [4.69, 9.17) is 0 Å². The average molecular weight is 457 g/mol. The fraction of sp³-hybridized carbons (Fsp3) is 0.333. The SMILES string of the molecule is C=CCCC1=[C-]CC=C1.C=CCCC1=[C-]CC=C1.F.F.[Hf]. The van der Waals surface area contributed by atoms with Gasteiger partial charge in [0.2, 0.25) is 0 Å². The van der Waals surface area contributed by atoms with Crippen molar-refractivity contribution in [2.45, 2.75) is 38.5 Å². The Morgan fingerprint density at radius 1 is 0.857 bits per heavy atom. The minimum atomic E-state index is 0. The van der Waals surface area contributed by atoms with E-state index in [1.165, 1.54) is 11.1 Å². The zero-order valence-corrected chi connectivity index (χ0v) is 16.0. The molecule has 0 radical (unpaired) electrons. The summed E-state index contributed by atoms with van der Waals surface area (Å²) in [5.41, 5.74) is 2.69. The van der Waals surface area contributed by atoms with Gasteiger partial charge in [0, 0.05) is 25.8 Å². The Kier molecular flexibility index (Phi) is 20.6. The van der Waals surface area contributed by atoms with Gasteiger partial charge in [0.25, 0.3) is 0 Å². The van der Waals surface area contributed by atoms with Gasteiger partial charge in [-0.25, -0.2) is 23.3 Å². The van der Waals surface area contributed by atoms with Crippen LogP contribution in [0.2, 0.25) is 0 Å². The summed E-state index contributed by atoms with van der Waals surface area (Å²) in [5, 5.41) is 0. The van der Waals surface area contributed by atoms with Crippen LogP contribution in [0, 0.1) is 12.2 Å². The molecule has 0 aromatic carbocycles. The molecule has 2 aliphatic carbocycles. The summed E-state index contributed by atoms with van der Waals surface area (Å²) in [5.74, 6) is 0. The Morgan fingerprint density at radius 3 is 1.48 bits per heavy atom. The largest absolute Gasteiger partial charge is 0.269 e. The number of halogens is 2. The third kappa shape index (κ3) is 12.6. The van der Waals surface area contributed by atoms with Gasteiger partial charge in [0.15, 0.2) is 0 Å². The van der Waals surface area contributed by atoms with Gasteiger partial charge in [-0.3, -0.25) is 21.6 Å². The van der Waals surface area contributed by atoms with E-state index in [2.05, 4.69) is 49.6 Å². The normalized spacial score (nSPS) is 13.5. The molecule has 0 aliphatic heterocycles. The van der Waals surface area contributed by atoms with E-state index in [1.807, 2.05) is 12.2 Å². The van der Waals surface area contributed by atoms with Crippen LogP contribution >= 0.6 is 0 Å². The molecular formula is C18H24F2Hf-2. The molecule has 0 heterocycles. The Morgan fingerprint density at radius 2 is 1.24 bits per heavy atom. The molecular weight excluding hydrogens is 433 g/mol. The van der Waals surface area contributed by atoms with E-state index in [0.29, 0.717) is 0 Å². The van der Waals surface area contributed by atoms with Crippen LogP contribution in [-0.4, -0.2) is 0 Å². The quantitative estimate of drug-likeness (QED) is 0.278. The van der Waals surface area contributed by atoms with E-state index in [9.17, 15) is 0 Å². The average Bonchev–Trinajstić information content (AvgIpc) is 3.07. The number of allylic oxidation sites excluding steroid dienone is 10. The topological polar surface area (TPSA) is 0 Å². The van der Waals surface area contributed by atoms with Crippen molar-refractivity contribution >= 4 is 0 Å². The second-order valence-corrected chi connectivity index (χ2v) is 4.27. The maximum Gasteiger partial charge on any atom is 0 e. The maximum absolute atomic E-state index is 3.66. The summed E-state index contributed by atoms with van der Waals surface area (Å²) < 4.78 is 0. The monoisotopic (exact) mass is 458 g/mol. The van der Waals surface area contributed by atoms with Crippen LogP contribution in [0.5, 0.6) is 0 Å². The molecule has 21 heavy (non-hydrogen) atoms.